The molecule has 9 rings (SSSR count). The van der Waals surface area contributed by atoms with E-state index >= 15 is 4.79 Å². The fourth-order valence-corrected chi connectivity index (χ4v) is 9.67. The average molecular weight is 757 g/mol. The van der Waals surface area contributed by atoms with Crippen molar-refractivity contribution >= 4 is 50.9 Å². The summed E-state index contributed by atoms with van der Waals surface area (Å²) in [6.07, 6.45) is 4.58. The van der Waals surface area contributed by atoms with Gasteiger partial charge in [-0.2, -0.15) is 5.01 Å². The second-order valence-corrected chi connectivity index (χ2v) is 15.3. The van der Waals surface area contributed by atoms with E-state index in [0.717, 1.165) is 31.8 Å². The van der Waals surface area contributed by atoms with Crippen LogP contribution in [0.15, 0.2) is 125 Å². The molecule has 0 unspecified atom stereocenters. The van der Waals surface area contributed by atoms with Crippen molar-refractivity contribution in [1.29, 1.82) is 0 Å². The maximum absolute atomic E-state index is 15.4. The molecule has 0 bridgehead atoms. The lowest BCUT2D eigenvalue weighted by atomic mass is 9.48. The van der Waals surface area contributed by atoms with Crippen LogP contribution in [0.4, 0.5) is 11.4 Å². The molecular formula is C42H34BrN3O6. The van der Waals surface area contributed by atoms with E-state index in [1.807, 2.05) is 67.6 Å². The minimum absolute atomic E-state index is 0.0872. The molecule has 0 spiro atoms. The number of benzene rings is 4. The topological polar surface area (TPSA) is 116 Å². The van der Waals surface area contributed by atoms with Gasteiger partial charge in [-0.15, -0.1) is 0 Å². The first-order valence-corrected chi connectivity index (χ1v) is 18.2. The number of anilines is 2. The van der Waals surface area contributed by atoms with Crippen LogP contribution in [0.1, 0.15) is 29.5 Å². The summed E-state index contributed by atoms with van der Waals surface area (Å²) in [7, 11) is 0. The summed E-state index contributed by atoms with van der Waals surface area (Å²) in [6.45, 7) is 1.97. The van der Waals surface area contributed by atoms with Crippen molar-refractivity contribution in [3.63, 3.8) is 0 Å². The minimum Gasteiger partial charge on any atom is -0.508 e. The van der Waals surface area contributed by atoms with E-state index in [0.29, 0.717) is 35.5 Å². The van der Waals surface area contributed by atoms with Crippen LogP contribution in [0.25, 0.3) is 0 Å². The van der Waals surface area contributed by atoms with Gasteiger partial charge in [0.2, 0.25) is 11.8 Å². The second-order valence-electron chi connectivity index (χ2n) is 14.4. The van der Waals surface area contributed by atoms with Crippen LogP contribution in [-0.4, -0.2) is 33.7 Å². The molecule has 4 aromatic carbocycles. The van der Waals surface area contributed by atoms with Crippen molar-refractivity contribution in [3.05, 3.63) is 142 Å². The molecule has 2 saturated heterocycles. The molecule has 3 heterocycles. The van der Waals surface area contributed by atoms with Crippen molar-refractivity contribution in [2.24, 2.45) is 29.6 Å². The highest BCUT2D eigenvalue weighted by Gasteiger charge is 2.70. The van der Waals surface area contributed by atoms with Gasteiger partial charge in [0.05, 0.1) is 40.8 Å². The molecule has 0 radical (unpaired) electrons. The van der Waals surface area contributed by atoms with Crippen LogP contribution in [0, 0.1) is 36.5 Å². The summed E-state index contributed by atoms with van der Waals surface area (Å²) in [5, 5.41) is 11.6. The van der Waals surface area contributed by atoms with E-state index < -0.39 is 46.8 Å². The molecule has 3 aliphatic heterocycles. The summed E-state index contributed by atoms with van der Waals surface area (Å²) in [4.78, 5) is 60.1. The minimum atomic E-state index is -1.40. The Morgan fingerprint density at radius 2 is 1.62 bits per heavy atom. The fourth-order valence-electron chi connectivity index (χ4n) is 9.41. The lowest BCUT2D eigenvalue weighted by Gasteiger charge is -2.51. The number of carbonyl (C=O) groups excluding carboxylic acids is 4. The Hall–Kier alpha value is -5.48. The number of amides is 4. The highest BCUT2D eigenvalue weighted by Crippen LogP contribution is 2.63. The van der Waals surface area contributed by atoms with Gasteiger partial charge in [-0.25, -0.2) is 0 Å². The van der Waals surface area contributed by atoms with Crippen LogP contribution < -0.4 is 15.1 Å². The number of halogens is 1. The number of fused-ring (bicyclic) bond motifs is 5. The maximum atomic E-state index is 15.4. The third-order valence-corrected chi connectivity index (χ3v) is 12.2. The maximum Gasteiger partial charge on any atom is 0.260 e. The third-order valence-electron chi connectivity index (χ3n) is 11.6. The van der Waals surface area contributed by atoms with Gasteiger partial charge in [0.1, 0.15) is 11.5 Å². The summed E-state index contributed by atoms with van der Waals surface area (Å²) >= 11 is 3.44. The number of hydrogen-bond acceptors (Lipinski definition) is 7. The lowest BCUT2D eigenvalue weighted by molar-refractivity contribution is -0.139. The Labute approximate surface area is 308 Å². The Morgan fingerprint density at radius 3 is 2.37 bits per heavy atom. The third kappa shape index (κ3) is 4.73. The van der Waals surface area contributed by atoms with Crippen LogP contribution in [-0.2, 0) is 31.0 Å². The number of rotatable bonds is 5. The standard InChI is InChI=1S/C42H34BrN3O6/c1-23-7-11-28(12-8-23)44-46-39(49)34-21-33-31(16-17-32-36(33)40(50)45(38(32)48)29-13-9-27(43)10-14-29)37(42(34,41(46)51)26-5-3-2-4-6-26)25-19-24-20-30(47)15-18-35(24)52-22-25/h2-16,18,20,22,32-34,36-37,44,47H,17,19,21H2,1H3/t32-,33+,34-,36-,37-,42+/m0/s1. The summed E-state index contributed by atoms with van der Waals surface area (Å²) < 4.78 is 7.03. The number of imide groups is 2. The zero-order chi connectivity index (χ0) is 35.9. The molecule has 2 N–H and O–H groups in total. The molecule has 3 fully saturated rings. The molecule has 6 atom stereocenters. The van der Waals surface area contributed by atoms with Crippen molar-refractivity contribution in [2.75, 3.05) is 10.3 Å². The van der Waals surface area contributed by atoms with Crippen LogP contribution in [0.2, 0.25) is 0 Å². The number of carbonyl (C=O) groups is 4. The number of hydrogen-bond donors (Lipinski definition) is 2. The van der Waals surface area contributed by atoms with Gasteiger partial charge in [-0.1, -0.05) is 75.6 Å². The van der Waals surface area contributed by atoms with Gasteiger partial charge in [0.25, 0.3) is 11.8 Å². The molecule has 2 aliphatic carbocycles. The smallest absolute Gasteiger partial charge is 0.260 e. The number of aromatic hydroxyl groups is 1. The predicted molar refractivity (Wildman–Crippen MR) is 197 cm³/mol. The largest absolute Gasteiger partial charge is 0.508 e. The molecule has 52 heavy (non-hydrogen) atoms. The summed E-state index contributed by atoms with van der Waals surface area (Å²) in [5.74, 6) is -4.03. The van der Waals surface area contributed by atoms with Gasteiger partial charge >= 0.3 is 0 Å². The van der Waals surface area contributed by atoms with Crippen molar-refractivity contribution in [2.45, 2.75) is 31.6 Å². The summed E-state index contributed by atoms with van der Waals surface area (Å²) in [6, 6.07) is 28.9. The number of aryl methyl sites for hydroxylation is 1. The second kappa shape index (κ2) is 12.1. The molecule has 260 valence electrons. The Balaban J connectivity index is 1.22. The molecular weight excluding hydrogens is 722 g/mol. The highest BCUT2D eigenvalue weighted by molar-refractivity contribution is 9.10. The zero-order valence-corrected chi connectivity index (χ0v) is 29.7. The quantitative estimate of drug-likeness (QED) is 0.167. The van der Waals surface area contributed by atoms with E-state index in [1.54, 1.807) is 48.7 Å². The van der Waals surface area contributed by atoms with Crippen LogP contribution >= 0.6 is 15.9 Å². The fraction of sp³-hybridized carbons (Fsp3) is 0.238. The Kier molecular flexibility index (Phi) is 7.52. The van der Waals surface area contributed by atoms with Gasteiger partial charge in [0, 0.05) is 22.4 Å². The van der Waals surface area contributed by atoms with Crippen LogP contribution in [0.3, 0.4) is 0 Å². The van der Waals surface area contributed by atoms with E-state index in [1.165, 1.54) is 4.90 Å². The molecule has 4 aromatic rings. The normalized spacial score (nSPS) is 27.6. The SMILES string of the molecule is Cc1ccc(NN2C(=O)[C@@H]3C[C@@H]4C(=CC[C@@H]5C(=O)N(c6ccc(Br)cc6)C(=O)[C@@H]54)[C@H](C4=COc5ccc(O)cc5C4)[C@]3(c3ccccc3)C2=O)cc1. The van der Waals surface area contributed by atoms with E-state index in [-0.39, 0.29) is 24.0 Å². The van der Waals surface area contributed by atoms with Crippen molar-refractivity contribution in [1.82, 2.24) is 5.01 Å². The number of phenolic OH excluding ortho intramolecular Hbond substituents is 1. The number of phenols is 1. The molecule has 5 aliphatic rings. The summed E-state index contributed by atoms with van der Waals surface area (Å²) in [5.41, 5.74) is 6.91. The van der Waals surface area contributed by atoms with E-state index in [2.05, 4.69) is 21.4 Å². The molecule has 9 nitrogen and oxygen atoms in total. The molecule has 0 aromatic heterocycles. The average Bonchev–Trinajstić information content (AvgIpc) is 3.53. The molecule has 1 saturated carbocycles. The number of allylic oxidation sites excluding steroid dienone is 3. The van der Waals surface area contributed by atoms with Gasteiger partial charge in [-0.3, -0.25) is 29.5 Å². The highest BCUT2D eigenvalue weighted by atomic mass is 79.9. The zero-order valence-electron chi connectivity index (χ0n) is 28.2. The van der Waals surface area contributed by atoms with Gasteiger partial charge in [-0.05, 0) is 91.4 Å². The van der Waals surface area contributed by atoms with Crippen molar-refractivity contribution < 1.29 is 29.0 Å². The van der Waals surface area contributed by atoms with Gasteiger partial charge in [0.15, 0.2) is 0 Å². The lowest BCUT2D eigenvalue weighted by Crippen LogP contribution is -2.55. The molecule has 4 amide bonds. The monoisotopic (exact) mass is 755 g/mol. The predicted octanol–water partition coefficient (Wildman–Crippen LogP) is 7.00. The van der Waals surface area contributed by atoms with E-state index in [9.17, 15) is 19.5 Å². The first kappa shape index (κ1) is 32.4. The Bertz CT molecular complexity index is 2230. The first-order valence-electron chi connectivity index (χ1n) is 17.4. The number of nitrogens with one attached hydrogen (secondary N) is 1. The molecule has 10 heteroatoms. The van der Waals surface area contributed by atoms with E-state index in [4.69, 9.17) is 4.74 Å². The Morgan fingerprint density at radius 1 is 0.865 bits per heavy atom. The van der Waals surface area contributed by atoms with Gasteiger partial charge < -0.3 is 9.84 Å². The number of ether oxygens (including phenoxy) is 1. The number of nitrogens with zero attached hydrogens (tertiary/aromatic N) is 2. The van der Waals surface area contributed by atoms with Crippen LogP contribution in [0.5, 0.6) is 11.5 Å². The van der Waals surface area contributed by atoms with Crippen molar-refractivity contribution in [3.8, 4) is 11.5 Å². The first-order chi connectivity index (χ1) is 25.2. The number of hydrazine groups is 1.